The molecule has 1 aliphatic carbocycles. The molecule has 0 unspecified atom stereocenters. The highest BCUT2D eigenvalue weighted by Crippen LogP contribution is 2.42. The molecule has 5 nitrogen and oxygen atoms in total. The molecule has 7 heteroatoms. The van der Waals surface area contributed by atoms with Crippen molar-refractivity contribution in [2.24, 2.45) is 0 Å². The second-order valence-electron chi connectivity index (χ2n) is 8.99. The lowest BCUT2D eigenvalue weighted by Crippen LogP contribution is -2.39. The number of imide groups is 1. The molecule has 2 aromatic heterocycles. The minimum Gasteiger partial charge on any atom is -0.490 e. The van der Waals surface area contributed by atoms with E-state index in [2.05, 4.69) is 4.98 Å². The van der Waals surface area contributed by atoms with Gasteiger partial charge in [-0.25, -0.2) is 0 Å². The molecule has 33 heavy (non-hydrogen) atoms. The van der Waals surface area contributed by atoms with Crippen molar-refractivity contribution in [1.82, 2.24) is 9.88 Å². The van der Waals surface area contributed by atoms with Crippen LogP contribution >= 0.6 is 22.9 Å². The van der Waals surface area contributed by atoms with Gasteiger partial charge in [-0.05, 0) is 68.9 Å². The highest BCUT2D eigenvalue weighted by atomic mass is 35.5. The fraction of sp³-hybridized carbons (Fsp3) is 0.423. The molecule has 0 spiro atoms. The molecule has 0 bridgehead atoms. The summed E-state index contributed by atoms with van der Waals surface area (Å²) in [4.78, 5) is 31.5. The predicted molar refractivity (Wildman–Crippen MR) is 132 cm³/mol. The number of pyridine rings is 1. The van der Waals surface area contributed by atoms with Gasteiger partial charge in [0.05, 0.1) is 22.9 Å². The SMILES string of the molecule is Cc1cc(Cl)cc(-c2ccnc3cc(CN4C(=O)CCCC4=O)sc23)c1OC1CCCCC1. The van der Waals surface area contributed by atoms with Gasteiger partial charge >= 0.3 is 0 Å². The topological polar surface area (TPSA) is 59.5 Å². The molecule has 3 heterocycles. The van der Waals surface area contributed by atoms with Crippen LogP contribution in [-0.2, 0) is 16.1 Å². The van der Waals surface area contributed by atoms with Crippen LogP contribution in [0.1, 0.15) is 61.8 Å². The van der Waals surface area contributed by atoms with E-state index in [-0.39, 0.29) is 17.9 Å². The maximum Gasteiger partial charge on any atom is 0.229 e. The molecule has 2 amide bonds. The van der Waals surface area contributed by atoms with Crippen molar-refractivity contribution >= 4 is 45.0 Å². The first-order valence-electron chi connectivity index (χ1n) is 11.7. The Hall–Kier alpha value is -2.44. The number of carbonyl (C=O) groups is 2. The van der Waals surface area contributed by atoms with Crippen LogP contribution in [0.4, 0.5) is 0 Å². The van der Waals surface area contributed by atoms with Gasteiger partial charge < -0.3 is 4.74 Å². The number of hydrogen-bond acceptors (Lipinski definition) is 5. The Morgan fingerprint density at radius 1 is 1.06 bits per heavy atom. The number of carbonyl (C=O) groups excluding carboxylic acids is 2. The quantitative estimate of drug-likeness (QED) is 0.381. The lowest BCUT2D eigenvalue weighted by Gasteiger charge is -2.26. The molecule has 0 N–H and O–H groups in total. The molecule has 172 valence electrons. The molecule has 1 aromatic carbocycles. The van der Waals surface area contributed by atoms with Crippen LogP contribution in [0.15, 0.2) is 30.5 Å². The number of halogens is 1. The zero-order valence-corrected chi connectivity index (χ0v) is 20.3. The number of rotatable bonds is 5. The maximum absolute atomic E-state index is 12.3. The summed E-state index contributed by atoms with van der Waals surface area (Å²) in [6.07, 6.45) is 9.37. The second kappa shape index (κ2) is 9.43. The molecule has 0 radical (unpaired) electrons. The molecule has 0 atom stereocenters. The van der Waals surface area contributed by atoms with Gasteiger partial charge in [-0.1, -0.05) is 18.0 Å². The number of aryl methyl sites for hydroxylation is 1. The zero-order valence-electron chi connectivity index (χ0n) is 18.7. The van der Waals surface area contributed by atoms with Gasteiger partial charge in [0.2, 0.25) is 11.8 Å². The molecule has 2 fully saturated rings. The number of fused-ring (bicyclic) bond motifs is 1. The van der Waals surface area contributed by atoms with Crippen molar-refractivity contribution in [3.8, 4) is 16.9 Å². The number of piperidine rings is 1. The van der Waals surface area contributed by atoms with Gasteiger partial charge in [0.15, 0.2) is 0 Å². The van der Waals surface area contributed by atoms with Gasteiger partial charge in [0, 0.05) is 40.1 Å². The first-order valence-corrected chi connectivity index (χ1v) is 12.9. The first kappa shape index (κ1) is 22.4. The number of likely N-dealkylation sites (tertiary alicyclic amines) is 1. The number of nitrogens with zero attached hydrogens (tertiary/aromatic N) is 2. The molecule has 1 aliphatic heterocycles. The summed E-state index contributed by atoms with van der Waals surface area (Å²) < 4.78 is 7.57. The van der Waals surface area contributed by atoms with E-state index in [0.717, 1.165) is 50.4 Å². The minimum absolute atomic E-state index is 0.0921. The maximum atomic E-state index is 12.3. The van der Waals surface area contributed by atoms with Crippen LogP contribution < -0.4 is 4.74 Å². The van der Waals surface area contributed by atoms with E-state index < -0.39 is 0 Å². The molecule has 1 saturated heterocycles. The van der Waals surface area contributed by atoms with Gasteiger partial charge in [-0.2, -0.15) is 0 Å². The van der Waals surface area contributed by atoms with E-state index in [1.807, 2.05) is 31.2 Å². The Morgan fingerprint density at radius 3 is 2.58 bits per heavy atom. The molecular weight excluding hydrogens is 456 g/mol. The normalized spacial score (nSPS) is 17.7. The summed E-state index contributed by atoms with van der Waals surface area (Å²) >= 11 is 8.06. The second-order valence-corrected chi connectivity index (χ2v) is 10.6. The van der Waals surface area contributed by atoms with Crippen LogP contribution in [0.25, 0.3) is 21.3 Å². The number of ether oxygens (including phenoxy) is 1. The van der Waals surface area contributed by atoms with Crippen molar-refractivity contribution in [1.29, 1.82) is 0 Å². The lowest BCUT2D eigenvalue weighted by atomic mass is 9.97. The van der Waals surface area contributed by atoms with E-state index in [1.165, 1.54) is 24.2 Å². The van der Waals surface area contributed by atoms with E-state index in [1.54, 1.807) is 17.5 Å². The van der Waals surface area contributed by atoms with E-state index in [0.29, 0.717) is 30.8 Å². The molecule has 1 saturated carbocycles. The number of amides is 2. The molecule has 2 aliphatic rings. The fourth-order valence-corrected chi connectivity index (χ4v) is 6.25. The van der Waals surface area contributed by atoms with E-state index in [9.17, 15) is 9.59 Å². The number of aromatic nitrogens is 1. The standard InChI is InChI=1S/C26H27ClN2O3S/c1-16-12-17(27)13-21(25(16)32-18-6-3-2-4-7-18)20-10-11-28-22-14-19(33-26(20)22)15-29-23(30)8-5-9-24(29)31/h10-14,18H,2-9,15H2,1H3. The molecule has 5 rings (SSSR count). The average molecular weight is 483 g/mol. The van der Waals surface area contributed by atoms with Crippen molar-refractivity contribution < 1.29 is 14.3 Å². The van der Waals surface area contributed by atoms with Crippen LogP contribution in [0.2, 0.25) is 5.02 Å². The van der Waals surface area contributed by atoms with Gasteiger partial charge in [-0.3, -0.25) is 19.5 Å². The summed E-state index contributed by atoms with van der Waals surface area (Å²) in [5.74, 6) is 0.700. The number of thiophene rings is 1. The smallest absolute Gasteiger partial charge is 0.229 e. The molecule has 3 aromatic rings. The summed E-state index contributed by atoms with van der Waals surface area (Å²) in [6.45, 7) is 2.34. The van der Waals surface area contributed by atoms with Crippen LogP contribution in [0.3, 0.4) is 0 Å². The Balaban J connectivity index is 1.53. The summed E-state index contributed by atoms with van der Waals surface area (Å²) in [5.41, 5.74) is 3.86. The van der Waals surface area contributed by atoms with Gasteiger partial charge in [-0.15, -0.1) is 11.3 Å². The zero-order chi connectivity index (χ0) is 22.9. The predicted octanol–water partition coefficient (Wildman–Crippen LogP) is 6.68. The van der Waals surface area contributed by atoms with E-state index >= 15 is 0 Å². The number of hydrogen-bond donors (Lipinski definition) is 0. The minimum atomic E-state index is -0.0921. The average Bonchev–Trinajstić information content (AvgIpc) is 3.22. The van der Waals surface area contributed by atoms with Crippen LogP contribution in [-0.4, -0.2) is 27.8 Å². The highest BCUT2D eigenvalue weighted by molar-refractivity contribution is 7.19. The molecular formula is C26H27ClN2O3S. The third-order valence-electron chi connectivity index (χ3n) is 6.53. The number of benzene rings is 1. The van der Waals surface area contributed by atoms with Crippen molar-refractivity contribution in [3.63, 3.8) is 0 Å². The van der Waals surface area contributed by atoms with E-state index in [4.69, 9.17) is 16.3 Å². The third kappa shape index (κ3) is 4.64. The Labute approximate surface area is 202 Å². The largest absolute Gasteiger partial charge is 0.490 e. The van der Waals surface area contributed by atoms with Crippen LogP contribution in [0.5, 0.6) is 5.75 Å². The third-order valence-corrected chi connectivity index (χ3v) is 7.89. The summed E-state index contributed by atoms with van der Waals surface area (Å²) in [6, 6.07) is 7.91. The summed E-state index contributed by atoms with van der Waals surface area (Å²) in [7, 11) is 0. The fourth-order valence-electron chi connectivity index (χ4n) is 4.85. The monoisotopic (exact) mass is 482 g/mol. The van der Waals surface area contributed by atoms with Crippen molar-refractivity contribution in [3.05, 3.63) is 45.9 Å². The van der Waals surface area contributed by atoms with Crippen molar-refractivity contribution in [2.75, 3.05) is 0 Å². The van der Waals surface area contributed by atoms with Crippen molar-refractivity contribution in [2.45, 2.75) is 70.9 Å². The van der Waals surface area contributed by atoms with Gasteiger partial charge in [0.25, 0.3) is 0 Å². The Kier molecular flexibility index (Phi) is 6.39. The van der Waals surface area contributed by atoms with Crippen LogP contribution in [0, 0.1) is 6.92 Å². The Morgan fingerprint density at radius 2 is 1.82 bits per heavy atom. The highest BCUT2D eigenvalue weighted by Gasteiger charge is 2.27. The lowest BCUT2D eigenvalue weighted by molar-refractivity contribution is -0.148. The summed E-state index contributed by atoms with van der Waals surface area (Å²) in [5, 5.41) is 0.671. The first-order chi connectivity index (χ1) is 16.0. The Bertz CT molecular complexity index is 1200. The van der Waals surface area contributed by atoms with Gasteiger partial charge in [0.1, 0.15) is 5.75 Å².